The molecular weight excluding hydrogens is 124 g/mol. The molecule has 2 nitrogen and oxygen atoms in total. The predicted molar refractivity (Wildman–Crippen MR) is 46.2 cm³/mol. The maximum Gasteiger partial charge on any atom is 0.0135 e. The lowest BCUT2D eigenvalue weighted by molar-refractivity contribution is 0.780. The minimum Gasteiger partial charge on any atom is -0.314 e. The Morgan fingerprint density at radius 1 is 0.900 bits per heavy atom. The topological polar surface area (TPSA) is 24.1 Å². The first-order valence-electron chi connectivity index (χ1n) is 3.98. The molecule has 2 heteroatoms. The van der Waals surface area contributed by atoms with Crippen molar-refractivity contribution >= 4 is 0 Å². The van der Waals surface area contributed by atoms with E-state index in [1.165, 1.54) is 0 Å². The van der Waals surface area contributed by atoms with Gasteiger partial charge in [-0.1, -0.05) is 26.0 Å². The van der Waals surface area contributed by atoms with E-state index in [0.717, 1.165) is 26.2 Å². The molecule has 0 bridgehead atoms. The first-order chi connectivity index (χ1) is 4.91. The average Bonchev–Trinajstić information content (AvgIpc) is 1.97. The van der Waals surface area contributed by atoms with E-state index in [1.807, 2.05) is 0 Å². The molecule has 0 heterocycles. The molecule has 0 saturated heterocycles. The fraction of sp³-hybridized carbons (Fsp3) is 0.750. The Balaban J connectivity index is 2.89. The molecular formula is C8H18N2. The molecule has 0 rings (SSSR count). The van der Waals surface area contributed by atoms with Crippen LogP contribution >= 0.6 is 0 Å². The Labute approximate surface area is 63.7 Å². The highest BCUT2D eigenvalue weighted by molar-refractivity contribution is 4.85. The van der Waals surface area contributed by atoms with Gasteiger partial charge in [0, 0.05) is 13.1 Å². The van der Waals surface area contributed by atoms with Crippen LogP contribution in [0.5, 0.6) is 0 Å². The quantitative estimate of drug-likeness (QED) is 0.422. The molecule has 0 aliphatic rings. The lowest BCUT2D eigenvalue weighted by Crippen LogP contribution is -2.14. The van der Waals surface area contributed by atoms with E-state index >= 15 is 0 Å². The van der Waals surface area contributed by atoms with Crippen LogP contribution in [0.15, 0.2) is 12.2 Å². The molecule has 0 unspecified atom stereocenters. The molecule has 0 spiro atoms. The zero-order valence-corrected chi connectivity index (χ0v) is 6.98. The lowest BCUT2D eigenvalue weighted by atomic mass is 10.4. The van der Waals surface area contributed by atoms with Crippen LogP contribution in [0.1, 0.15) is 13.8 Å². The fourth-order valence-corrected chi connectivity index (χ4v) is 0.622. The second kappa shape index (κ2) is 8.66. The highest BCUT2D eigenvalue weighted by atomic mass is 14.8. The summed E-state index contributed by atoms with van der Waals surface area (Å²) in [7, 11) is 0. The van der Waals surface area contributed by atoms with E-state index in [9.17, 15) is 0 Å². The van der Waals surface area contributed by atoms with E-state index in [0.29, 0.717) is 0 Å². The van der Waals surface area contributed by atoms with E-state index in [1.54, 1.807) is 0 Å². The Hall–Kier alpha value is -0.340. The molecule has 0 fully saturated rings. The third-order valence-corrected chi connectivity index (χ3v) is 1.19. The first-order valence-corrected chi connectivity index (χ1v) is 3.98. The predicted octanol–water partition coefficient (Wildman–Crippen LogP) is 0.762. The van der Waals surface area contributed by atoms with Gasteiger partial charge in [0.15, 0.2) is 0 Å². The van der Waals surface area contributed by atoms with Crippen molar-refractivity contribution < 1.29 is 0 Å². The van der Waals surface area contributed by atoms with Crippen LogP contribution in [-0.4, -0.2) is 26.2 Å². The van der Waals surface area contributed by atoms with Crippen LogP contribution in [0.25, 0.3) is 0 Å². The molecule has 0 radical (unpaired) electrons. The van der Waals surface area contributed by atoms with Gasteiger partial charge in [-0.05, 0) is 13.1 Å². The molecule has 0 saturated carbocycles. The van der Waals surface area contributed by atoms with Gasteiger partial charge in [-0.15, -0.1) is 0 Å². The highest BCUT2D eigenvalue weighted by Crippen LogP contribution is 1.68. The minimum absolute atomic E-state index is 0.988. The summed E-state index contributed by atoms with van der Waals surface area (Å²) in [5.41, 5.74) is 0. The van der Waals surface area contributed by atoms with Crippen molar-refractivity contribution in [2.45, 2.75) is 13.8 Å². The van der Waals surface area contributed by atoms with Crippen molar-refractivity contribution in [3.8, 4) is 0 Å². The van der Waals surface area contributed by atoms with Crippen molar-refractivity contribution in [1.82, 2.24) is 10.6 Å². The summed E-state index contributed by atoms with van der Waals surface area (Å²) in [6, 6.07) is 0. The van der Waals surface area contributed by atoms with E-state index in [4.69, 9.17) is 0 Å². The molecule has 0 aliphatic carbocycles. The molecule has 10 heavy (non-hydrogen) atoms. The van der Waals surface area contributed by atoms with Crippen LogP contribution in [0.4, 0.5) is 0 Å². The van der Waals surface area contributed by atoms with Crippen LogP contribution < -0.4 is 10.6 Å². The Morgan fingerprint density at radius 3 is 1.60 bits per heavy atom. The van der Waals surface area contributed by atoms with Gasteiger partial charge < -0.3 is 10.6 Å². The van der Waals surface area contributed by atoms with Gasteiger partial charge in [0.25, 0.3) is 0 Å². The number of hydrogen-bond donors (Lipinski definition) is 2. The van der Waals surface area contributed by atoms with Crippen molar-refractivity contribution in [1.29, 1.82) is 0 Å². The molecule has 60 valence electrons. The smallest absolute Gasteiger partial charge is 0.0135 e. The molecule has 0 atom stereocenters. The summed E-state index contributed by atoms with van der Waals surface area (Å²) >= 11 is 0. The van der Waals surface area contributed by atoms with Crippen molar-refractivity contribution in [3.05, 3.63) is 12.2 Å². The van der Waals surface area contributed by atoms with Gasteiger partial charge in [0.2, 0.25) is 0 Å². The van der Waals surface area contributed by atoms with Crippen molar-refractivity contribution in [2.24, 2.45) is 0 Å². The fourth-order valence-electron chi connectivity index (χ4n) is 0.622. The summed E-state index contributed by atoms with van der Waals surface area (Å²) in [6.07, 6.45) is 4.29. The summed E-state index contributed by atoms with van der Waals surface area (Å²) < 4.78 is 0. The minimum atomic E-state index is 0.988. The normalized spacial score (nSPS) is 11.0. The zero-order chi connectivity index (χ0) is 7.66. The number of nitrogens with one attached hydrogen (secondary N) is 2. The maximum absolute atomic E-state index is 3.21. The molecule has 0 aromatic carbocycles. The maximum atomic E-state index is 3.21. The Morgan fingerprint density at radius 2 is 1.30 bits per heavy atom. The molecule has 2 N–H and O–H groups in total. The summed E-state index contributed by atoms with van der Waals surface area (Å²) in [5.74, 6) is 0. The molecule has 0 aromatic heterocycles. The van der Waals surface area contributed by atoms with E-state index in [2.05, 4.69) is 36.6 Å². The summed E-state index contributed by atoms with van der Waals surface area (Å²) in [6.45, 7) is 8.29. The standard InChI is InChI=1S/C8H18N2/c1-3-9-7-5-6-8-10-4-2/h5-6,9-10H,3-4,7-8H2,1-2H3/b6-5-. The Kier molecular flexibility index (Phi) is 8.37. The second-order valence-corrected chi connectivity index (χ2v) is 2.09. The monoisotopic (exact) mass is 142 g/mol. The SMILES string of the molecule is CCNC/C=C\CNCC. The van der Waals surface area contributed by atoms with Gasteiger partial charge in [-0.2, -0.15) is 0 Å². The highest BCUT2D eigenvalue weighted by Gasteiger charge is 1.75. The number of hydrogen-bond acceptors (Lipinski definition) is 2. The summed E-state index contributed by atoms with van der Waals surface area (Å²) in [5, 5.41) is 6.42. The third-order valence-electron chi connectivity index (χ3n) is 1.19. The zero-order valence-electron chi connectivity index (χ0n) is 6.98. The largest absolute Gasteiger partial charge is 0.314 e. The Bertz CT molecular complexity index is 69.3. The first kappa shape index (κ1) is 9.66. The second-order valence-electron chi connectivity index (χ2n) is 2.09. The van der Waals surface area contributed by atoms with Gasteiger partial charge in [-0.25, -0.2) is 0 Å². The van der Waals surface area contributed by atoms with E-state index < -0.39 is 0 Å². The van der Waals surface area contributed by atoms with Crippen molar-refractivity contribution in [3.63, 3.8) is 0 Å². The van der Waals surface area contributed by atoms with Gasteiger partial charge in [0.05, 0.1) is 0 Å². The van der Waals surface area contributed by atoms with Crippen LogP contribution in [0.3, 0.4) is 0 Å². The third kappa shape index (κ3) is 7.66. The van der Waals surface area contributed by atoms with E-state index in [-0.39, 0.29) is 0 Å². The van der Waals surface area contributed by atoms with Crippen molar-refractivity contribution in [2.75, 3.05) is 26.2 Å². The van der Waals surface area contributed by atoms with Gasteiger partial charge in [-0.3, -0.25) is 0 Å². The lowest BCUT2D eigenvalue weighted by Gasteiger charge is -1.94. The van der Waals surface area contributed by atoms with Gasteiger partial charge >= 0.3 is 0 Å². The molecule has 0 amide bonds. The van der Waals surface area contributed by atoms with Crippen LogP contribution in [0, 0.1) is 0 Å². The average molecular weight is 142 g/mol. The molecule has 0 aromatic rings. The molecule has 0 aliphatic heterocycles. The van der Waals surface area contributed by atoms with Crippen LogP contribution in [-0.2, 0) is 0 Å². The number of rotatable bonds is 6. The number of likely N-dealkylation sites (N-methyl/N-ethyl adjacent to an activating group) is 2. The summed E-state index contributed by atoms with van der Waals surface area (Å²) in [4.78, 5) is 0. The van der Waals surface area contributed by atoms with Crippen LogP contribution in [0.2, 0.25) is 0 Å². The van der Waals surface area contributed by atoms with Gasteiger partial charge in [0.1, 0.15) is 0 Å².